The van der Waals surface area contributed by atoms with E-state index >= 15 is 0 Å². The molecule has 1 saturated heterocycles. The molecule has 0 saturated carbocycles. The number of hydrogen-bond acceptors (Lipinski definition) is 1. The summed E-state index contributed by atoms with van der Waals surface area (Å²) >= 11 is 0. The maximum atomic E-state index is 5.49. The largest absolute Gasteiger partial charge is 0.662 e. The second-order valence-electron chi connectivity index (χ2n) is 2.61. The van der Waals surface area contributed by atoms with E-state index in [1.54, 1.807) is 0 Å². The molecule has 107 valence electrons. The smallest absolute Gasteiger partial charge is 0.108 e. The van der Waals surface area contributed by atoms with Gasteiger partial charge in [-0.3, -0.25) is 0 Å². The third-order valence-electron chi connectivity index (χ3n) is 1.79. The summed E-state index contributed by atoms with van der Waals surface area (Å²) in [4.78, 5) is 0. The monoisotopic (exact) mass is 331 g/mol. The van der Waals surface area contributed by atoms with Gasteiger partial charge in [0.15, 0.2) is 0 Å². The van der Waals surface area contributed by atoms with Crippen LogP contribution in [0.4, 0.5) is 0 Å². The van der Waals surface area contributed by atoms with E-state index in [9.17, 15) is 0 Å². The van der Waals surface area contributed by atoms with Gasteiger partial charge in [0, 0.05) is 32.7 Å². The van der Waals surface area contributed by atoms with Crippen molar-refractivity contribution >= 4 is 0 Å². The van der Waals surface area contributed by atoms with E-state index in [1.165, 1.54) is 0 Å². The minimum atomic E-state index is 0. The molecule has 18 heavy (non-hydrogen) atoms. The van der Waals surface area contributed by atoms with Crippen LogP contribution in [0, 0.1) is 11.8 Å². The zero-order chi connectivity index (χ0) is 13.9. The quantitative estimate of drug-likeness (QED) is 0.676. The Labute approximate surface area is 141 Å². The van der Waals surface area contributed by atoms with Gasteiger partial charge in [-0.25, -0.2) is 0 Å². The normalized spacial score (nSPS) is 12.6. The molecule has 0 aromatic carbocycles. The first kappa shape index (κ1) is 27.0. The predicted octanol–water partition coefficient (Wildman–Crippen LogP) is 4.64. The van der Waals surface area contributed by atoms with Crippen molar-refractivity contribution in [3.05, 3.63) is 5.32 Å². The van der Waals surface area contributed by atoms with Gasteiger partial charge < -0.3 is 10.1 Å². The first-order valence-corrected chi connectivity index (χ1v) is 7.08. The Hall–Kier alpha value is 0.584. The van der Waals surface area contributed by atoms with Crippen LogP contribution in [0.15, 0.2) is 0 Å². The average molecular weight is 331 g/mol. The van der Waals surface area contributed by atoms with Crippen LogP contribution in [0.1, 0.15) is 61.3 Å². The van der Waals surface area contributed by atoms with Crippen molar-refractivity contribution in [3.63, 3.8) is 0 Å². The summed E-state index contributed by atoms with van der Waals surface area (Å²) in [6.45, 7) is 16.3. The molecule has 1 radical (unpaired) electrons. The van der Waals surface area contributed by atoms with Crippen molar-refractivity contribution in [1.29, 1.82) is 0 Å². The van der Waals surface area contributed by atoms with Crippen LogP contribution in [0.5, 0.6) is 0 Å². The standard InChI is InChI=1S/C9H14NO.3C2H6.Y/c1-2-3-8-11-9-4-6-10-7-5-9;3*1-2;/h9H,4-8H2,1H3;3*1-2H3;/q-1;;;;. The fourth-order valence-electron chi connectivity index (χ4n) is 1.13. The van der Waals surface area contributed by atoms with Gasteiger partial charge in [-0.05, 0) is 19.8 Å². The molecule has 0 spiro atoms. The van der Waals surface area contributed by atoms with E-state index in [0.717, 1.165) is 25.9 Å². The van der Waals surface area contributed by atoms with Gasteiger partial charge in [0.25, 0.3) is 0 Å². The maximum Gasteiger partial charge on any atom is 0.108 e. The summed E-state index contributed by atoms with van der Waals surface area (Å²) in [6.07, 6.45) is 2.56. The molecule has 1 rings (SSSR count). The van der Waals surface area contributed by atoms with Crippen molar-refractivity contribution in [2.45, 2.75) is 67.4 Å². The second kappa shape index (κ2) is 30.5. The summed E-state index contributed by atoms with van der Waals surface area (Å²) in [6, 6.07) is 0. The number of ether oxygens (including phenoxy) is 1. The van der Waals surface area contributed by atoms with E-state index in [4.69, 9.17) is 4.74 Å². The van der Waals surface area contributed by atoms with E-state index in [1.807, 2.05) is 48.5 Å². The molecule has 1 aliphatic heterocycles. The molecule has 0 N–H and O–H groups in total. The van der Waals surface area contributed by atoms with Crippen LogP contribution < -0.4 is 0 Å². The van der Waals surface area contributed by atoms with Gasteiger partial charge in [-0.1, -0.05) is 47.5 Å². The molecule has 0 unspecified atom stereocenters. The van der Waals surface area contributed by atoms with E-state index in [0.29, 0.717) is 12.7 Å². The predicted molar refractivity (Wildman–Crippen MR) is 79.6 cm³/mol. The fourth-order valence-corrected chi connectivity index (χ4v) is 1.13. The summed E-state index contributed by atoms with van der Waals surface area (Å²) in [5.41, 5.74) is 0. The molecule has 0 amide bonds. The molecule has 1 heterocycles. The maximum absolute atomic E-state index is 5.49. The molecule has 0 aliphatic carbocycles. The van der Waals surface area contributed by atoms with Crippen LogP contribution in [0.25, 0.3) is 5.32 Å². The number of rotatable bonds is 2. The molecule has 3 heteroatoms. The van der Waals surface area contributed by atoms with Crippen LogP contribution in [0.2, 0.25) is 0 Å². The Bertz CT molecular complexity index is 158. The van der Waals surface area contributed by atoms with Crippen molar-refractivity contribution in [3.8, 4) is 11.8 Å². The van der Waals surface area contributed by atoms with Gasteiger partial charge in [0.1, 0.15) is 6.61 Å². The van der Waals surface area contributed by atoms with Crippen LogP contribution in [-0.4, -0.2) is 25.8 Å². The zero-order valence-electron chi connectivity index (χ0n) is 13.5. The molecule has 2 nitrogen and oxygen atoms in total. The molecule has 1 fully saturated rings. The number of hydrogen-bond donors (Lipinski definition) is 0. The fraction of sp³-hybridized carbons (Fsp3) is 0.867. The SMILES string of the molecule is CC.CC.CC.CC#CCOC1CC[N-]CC1.[Y]. The van der Waals surface area contributed by atoms with Gasteiger partial charge >= 0.3 is 0 Å². The Balaban J connectivity index is -0.000000123. The number of nitrogens with zero attached hydrogens (tertiary/aromatic N) is 1. The minimum absolute atomic E-state index is 0. The van der Waals surface area contributed by atoms with Gasteiger partial charge in [-0.15, -0.1) is 19.0 Å². The zero-order valence-corrected chi connectivity index (χ0v) is 16.4. The first-order chi connectivity index (χ1) is 8.43. The summed E-state index contributed by atoms with van der Waals surface area (Å²) in [7, 11) is 0. The van der Waals surface area contributed by atoms with E-state index < -0.39 is 0 Å². The molecule has 0 atom stereocenters. The first-order valence-electron chi connectivity index (χ1n) is 7.08. The third kappa shape index (κ3) is 21.8. The van der Waals surface area contributed by atoms with Crippen LogP contribution in [0.3, 0.4) is 0 Å². The number of piperidine rings is 1. The molecule has 0 aromatic heterocycles. The minimum Gasteiger partial charge on any atom is -0.662 e. The van der Waals surface area contributed by atoms with E-state index in [-0.39, 0.29) is 32.7 Å². The Kier molecular flexibility index (Phi) is 45.8. The average Bonchev–Trinajstić information content (AvgIpc) is 2.47. The summed E-state index contributed by atoms with van der Waals surface area (Å²) in [5.74, 6) is 5.70. The van der Waals surface area contributed by atoms with Gasteiger partial charge in [0.05, 0.1) is 6.10 Å². The van der Waals surface area contributed by atoms with Crippen molar-refractivity contribution in [2.75, 3.05) is 19.7 Å². The van der Waals surface area contributed by atoms with E-state index in [2.05, 4.69) is 17.2 Å². The summed E-state index contributed by atoms with van der Waals surface area (Å²) in [5, 5.41) is 4.24. The Morgan fingerprint density at radius 2 is 1.44 bits per heavy atom. The Morgan fingerprint density at radius 1 is 1.00 bits per heavy atom. The van der Waals surface area contributed by atoms with Gasteiger partial charge in [0.2, 0.25) is 0 Å². The topological polar surface area (TPSA) is 23.3 Å². The molecule has 1 aliphatic rings. The summed E-state index contributed by atoms with van der Waals surface area (Å²) < 4.78 is 5.49. The van der Waals surface area contributed by atoms with Crippen molar-refractivity contribution in [1.82, 2.24) is 0 Å². The molecule has 0 aromatic rings. The third-order valence-corrected chi connectivity index (χ3v) is 1.79. The second-order valence-corrected chi connectivity index (χ2v) is 2.61. The van der Waals surface area contributed by atoms with Crippen LogP contribution in [-0.2, 0) is 37.4 Å². The molecular weight excluding hydrogens is 299 g/mol. The Morgan fingerprint density at radius 3 is 1.83 bits per heavy atom. The van der Waals surface area contributed by atoms with Crippen molar-refractivity contribution < 1.29 is 37.4 Å². The molecular formula is C15H32NOY-. The van der Waals surface area contributed by atoms with Crippen LogP contribution >= 0.6 is 0 Å². The molecule has 0 bridgehead atoms. The van der Waals surface area contributed by atoms with Crippen molar-refractivity contribution in [2.24, 2.45) is 0 Å². The van der Waals surface area contributed by atoms with Gasteiger partial charge in [-0.2, -0.15) is 0 Å².